The summed E-state index contributed by atoms with van der Waals surface area (Å²) in [7, 11) is 0. The van der Waals surface area contributed by atoms with Crippen molar-refractivity contribution in [3.63, 3.8) is 0 Å². The predicted octanol–water partition coefficient (Wildman–Crippen LogP) is 2.17. The topological polar surface area (TPSA) is 54.5 Å². The average molecular weight is 297 g/mol. The van der Waals surface area contributed by atoms with Gasteiger partial charge < -0.3 is 15.0 Å². The molecular weight excluding hydrogens is 278 g/mol. The molecule has 22 heavy (non-hydrogen) atoms. The van der Waals surface area contributed by atoms with E-state index in [2.05, 4.69) is 22.4 Å². The molecule has 1 aliphatic heterocycles. The van der Waals surface area contributed by atoms with Gasteiger partial charge >= 0.3 is 0 Å². The van der Waals surface area contributed by atoms with Gasteiger partial charge in [-0.05, 0) is 11.6 Å². The number of amides is 1. The molecule has 0 bridgehead atoms. The van der Waals surface area contributed by atoms with E-state index < -0.39 is 0 Å². The zero-order valence-corrected chi connectivity index (χ0v) is 12.4. The molecule has 1 saturated heterocycles. The lowest BCUT2D eigenvalue weighted by molar-refractivity contribution is 0.0302. The van der Waals surface area contributed by atoms with Gasteiger partial charge in [0.2, 0.25) is 0 Å². The summed E-state index contributed by atoms with van der Waals surface area (Å²) in [5.41, 5.74) is 2.65. The summed E-state index contributed by atoms with van der Waals surface area (Å²) in [5, 5.41) is 3.30. The quantitative estimate of drug-likeness (QED) is 0.939. The highest BCUT2D eigenvalue weighted by molar-refractivity contribution is 5.94. The number of rotatable bonds is 4. The van der Waals surface area contributed by atoms with Crippen molar-refractivity contribution >= 4 is 11.6 Å². The molecule has 2 heterocycles. The first-order valence-corrected chi connectivity index (χ1v) is 7.43. The molecule has 0 unspecified atom stereocenters. The number of carbonyl (C=O) groups excluding carboxylic acids is 1. The second-order valence-electron chi connectivity index (χ2n) is 5.21. The van der Waals surface area contributed by atoms with Crippen LogP contribution in [-0.2, 0) is 11.3 Å². The Labute approximate surface area is 129 Å². The number of benzene rings is 1. The predicted molar refractivity (Wildman–Crippen MR) is 84.7 cm³/mol. The van der Waals surface area contributed by atoms with Crippen molar-refractivity contribution in [2.24, 2.45) is 0 Å². The minimum absolute atomic E-state index is 0.0131. The molecule has 0 saturated carbocycles. The zero-order chi connectivity index (χ0) is 15.2. The minimum Gasteiger partial charge on any atom is -0.380 e. The maximum atomic E-state index is 12.4. The summed E-state index contributed by atoms with van der Waals surface area (Å²) in [5.74, 6) is 0.0131. The van der Waals surface area contributed by atoms with Crippen LogP contribution in [0.25, 0.3) is 0 Å². The van der Waals surface area contributed by atoms with Crippen LogP contribution >= 0.6 is 0 Å². The van der Waals surface area contributed by atoms with Crippen molar-refractivity contribution in [3.8, 4) is 0 Å². The van der Waals surface area contributed by atoms with Gasteiger partial charge in [0.25, 0.3) is 5.91 Å². The van der Waals surface area contributed by atoms with Gasteiger partial charge in [-0.15, -0.1) is 0 Å². The normalized spacial score (nSPS) is 14.6. The van der Waals surface area contributed by atoms with E-state index in [1.807, 2.05) is 29.2 Å². The molecular formula is C17H19N3O2. The Balaban J connectivity index is 1.65. The van der Waals surface area contributed by atoms with Crippen LogP contribution in [0.15, 0.2) is 48.8 Å². The zero-order valence-electron chi connectivity index (χ0n) is 12.4. The molecule has 1 aliphatic rings. The summed E-state index contributed by atoms with van der Waals surface area (Å²) in [6, 6.07) is 12.0. The molecule has 114 valence electrons. The third kappa shape index (κ3) is 3.62. The Kier molecular flexibility index (Phi) is 4.65. The second-order valence-corrected chi connectivity index (χ2v) is 5.21. The summed E-state index contributed by atoms with van der Waals surface area (Å²) < 4.78 is 5.28. The molecule has 0 aliphatic carbocycles. The number of pyridine rings is 1. The van der Waals surface area contributed by atoms with Crippen LogP contribution in [-0.4, -0.2) is 42.1 Å². The number of carbonyl (C=O) groups is 1. The lowest BCUT2D eigenvalue weighted by atomic mass is 10.2. The second kappa shape index (κ2) is 7.04. The fourth-order valence-corrected chi connectivity index (χ4v) is 2.40. The monoisotopic (exact) mass is 297 g/mol. The number of hydrogen-bond donors (Lipinski definition) is 1. The van der Waals surface area contributed by atoms with Gasteiger partial charge in [-0.1, -0.05) is 30.3 Å². The van der Waals surface area contributed by atoms with Crippen molar-refractivity contribution < 1.29 is 9.53 Å². The third-order valence-electron chi connectivity index (χ3n) is 3.62. The Morgan fingerprint density at radius 3 is 2.73 bits per heavy atom. The largest absolute Gasteiger partial charge is 0.380 e. The maximum absolute atomic E-state index is 12.4. The molecule has 5 heteroatoms. The molecule has 1 aromatic carbocycles. The van der Waals surface area contributed by atoms with Crippen molar-refractivity contribution in [3.05, 3.63) is 59.9 Å². The minimum atomic E-state index is 0.0131. The van der Waals surface area contributed by atoms with E-state index in [4.69, 9.17) is 4.74 Å². The number of morpholine rings is 1. The first kappa shape index (κ1) is 14.5. The smallest absolute Gasteiger partial charge is 0.255 e. The van der Waals surface area contributed by atoms with E-state index in [0.717, 1.165) is 5.69 Å². The fourth-order valence-electron chi connectivity index (χ4n) is 2.40. The Hall–Kier alpha value is -2.40. The lowest BCUT2D eigenvalue weighted by Crippen LogP contribution is -2.40. The van der Waals surface area contributed by atoms with Gasteiger partial charge in [-0.2, -0.15) is 0 Å². The molecule has 1 N–H and O–H groups in total. The number of anilines is 1. The Morgan fingerprint density at radius 1 is 1.18 bits per heavy atom. The van der Waals surface area contributed by atoms with E-state index >= 15 is 0 Å². The van der Waals surface area contributed by atoms with Crippen LogP contribution in [0.3, 0.4) is 0 Å². The van der Waals surface area contributed by atoms with E-state index in [-0.39, 0.29) is 5.91 Å². The number of hydrogen-bond acceptors (Lipinski definition) is 4. The molecule has 1 amide bonds. The maximum Gasteiger partial charge on any atom is 0.255 e. The van der Waals surface area contributed by atoms with Crippen LogP contribution in [0.1, 0.15) is 15.9 Å². The molecule has 0 radical (unpaired) electrons. The standard InChI is InChI=1S/C17H19N3O2/c21-17(20-6-8-22-9-7-20)15-10-16(13-18-12-15)19-11-14-4-2-1-3-5-14/h1-5,10,12-13,19H,6-9,11H2. The number of aromatic nitrogens is 1. The van der Waals surface area contributed by atoms with Crippen LogP contribution in [0.2, 0.25) is 0 Å². The van der Waals surface area contributed by atoms with Crippen molar-refractivity contribution in [2.45, 2.75) is 6.54 Å². The summed E-state index contributed by atoms with van der Waals surface area (Å²) in [6.07, 6.45) is 3.35. The van der Waals surface area contributed by atoms with Gasteiger partial charge in [0, 0.05) is 32.0 Å². The summed E-state index contributed by atoms with van der Waals surface area (Å²) >= 11 is 0. The van der Waals surface area contributed by atoms with Crippen LogP contribution in [0, 0.1) is 0 Å². The van der Waals surface area contributed by atoms with E-state index in [1.54, 1.807) is 12.4 Å². The van der Waals surface area contributed by atoms with Crippen molar-refractivity contribution in [1.29, 1.82) is 0 Å². The lowest BCUT2D eigenvalue weighted by Gasteiger charge is -2.26. The van der Waals surface area contributed by atoms with E-state index in [1.165, 1.54) is 5.56 Å². The highest BCUT2D eigenvalue weighted by Crippen LogP contribution is 2.13. The fraction of sp³-hybridized carbons (Fsp3) is 0.294. The van der Waals surface area contributed by atoms with Gasteiger partial charge in [0.15, 0.2) is 0 Å². The molecule has 2 aromatic rings. The van der Waals surface area contributed by atoms with Gasteiger partial charge in [0.1, 0.15) is 0 Å². The van der Waals surface area contributed by atoms with Crippen LogP contribution in [0.5, 0.6) is 0 Å². The van der Waals surface area contributed by atoms with E-state index in [9.17, 15) is 4.79 Å². The highest BCUT2D eigenvalue weighted by Gasteiger charge is 2.18. The Morgan fingerprint density at radius 2 is 1.95 bits per heavy atom. The Bertz CT molecular complexity index is 625. The first-order chi connectivity index (χ1) is 10.8. The van der Waals surface area contributed by atoms with Gasteiger partial charge in [-0.25, -0.2) is 0 Å². The third-order valence-corrected chi connectivity index (χ3v) is 3.62. The number of nitrogens with one attached hydrogen (secondary N) is 1. The molecule has 1 fully saturated rings. The molecule has 1 aromatic heterocycles. The summed E-state index contributed by atoms with van der Waals surface area (Å²) in [6.45, 7) is 3.19. The molecule has 3 rings (SSSR count). The van der Waals surface area contributed by atoms with Crippen LogP contribution < -0.4 is 5.32 Å². The van der Waals surface area contributed by atoms with Crippen LogP contribution in [0.4, 0.5) is 5.69 Å². The number of ether oxygens (including phenoxy) is 1. The number of nitrogens with zero attached hydrogens (tertiary/aromatic N) is 2. The van der Waals surface area contributed by atoms with Gasteiger partial charge in [-0.3, -0.25) is 9.78 Å². The molecule has 0 spiro atoms. The van der Waals surface area contributed by atoms with Crippen molar-refractivity contribution in [1.82, 2.24) is 9.88 Å². The molecule has 0 atom stereocenters. The van der Waals surface area contributed by atoms with Crippen molar-refractivity contribution in [2.75, 3.05) is 31.6 Å². The van der Waals surface area contributed by atoms with E-state index in [0.29, 0.717) is 38.4 Å². The highest BCUT2D eigenvalue weighted by atomic mass is 16.5. The summed E-state index contributed by atoms with van der Waals surface area (Å²) in [4.78, 5) is 18.4. The first-order valence-electron chi connectivity index (χ1n) is 7.43. The van der Waals surface area contributed by atoms with Gasteiger partial charge in [0.05, 0.1) is 24.5 Å². The SMILES string of the molecule is O=C(c1cncc(NCc2ccccc2)c1)N1CCOCC1. The molecule has 5 nitrogen and oxygen atoms in total. The average Bonchev–Trinajstić information content (AvgIpc) is 2.61.